The zero-order valence-electron chi connectivity index (χ0n) is 12.3. The Morgan fingerprint density at radius 1 is 1.45 bits per heavy atom. The molecule has 0 bridgehead atoms. The van der Waals surface area contributed by atoms with Crippen LogP contribution in [0, 0.1) is 24.7 Å². The first-order chi connectivity index (χ1) is 9.44. The van der Waals surface area contributed by atoms with Crippen molar-refractivity contribution in [1.29, 1.82) is 0 Å². The van der Waals surface area contributed by atoms with Gasteiger partial charge in [0.15, 0.2) is 0 Å². The highest BCUT2D eigenvalue weighted by atomic mass is 16.2. The van der Waals surface area contributed by atoms with E-state index >= 15 is 0 Å². The number of hydrogen-bond donors (Lipinski definition) is 2. The van der Waals surface area contributed by atoms with Gasteiger partial charge >= 0.3 is 0 Å². The molecule has 1 aromatic rings. The Kier molecular flexibility index (Phi) is 4.15. The minimum Gasteiger partial charge on any atom is -0.384 e. The van der Waals surface area contributed by atoms with Crippen LogP contribution in [-0.4, -0.2) is 23.2 Å². The average Bonchev–Trinajstić information content (AvgIpc) is 3.21. The number of amides is 1. The third-order valence-electron chi connectivity index (χ3n) is 3.76. The third-order valence-corrected chi connectivity index (χ3v) is 3.76. The van der Waals surface area contributed by atoms with E-state index in [0.717, 1.165) is 5.56 Å². The molecule has 0 spiro atoms. The maximum absolute atomic E-state index is 12.5. The number of aryl methyl sites for hydroxylation is 1. The van der Waals surface area contributed by atoms with Gasteiger partial charge in [0.1, 0.15) is 6.61 Å². The first-order valence-corrected chi connectivity index (χ1v) is 6.97. The second kappa shape index (κ2) is 5.68. The number of carbonyl (C=O) groups excluding carboxylic acids is 1. The summed E-state index contributed by atoms with van der Waals surface area (Å²) in [4.78, 5) is 12.5. The highest BCUT2D eigenvalue weighted by molar-refractivity contribution is 5.97. The second-order valence-electron chi connectivity index (χ2n) is 5.96. The Hall–Kier alpha value is -1.79. The molecule has 1 amide bonds. The van der Waals surface area contributed by atoms with Crippen molar-refractivity contribution in [2.45, 2.75) is 39.2 Å². The van der Waals surface area contributed by atoms with Crippen molar-refractivity contribution in [3.8, 4) is 11.8 Å². The molecule has 0 saturated heterocycles. The molecule has 1 aromatic carbocycles. The smallest absolute Gasteiger partial charge is 0.252 e. The largest absolute Gasteiger partial charge is 0.384 e. The third kappa shape index (κ3) is 3.40. The van der Waals surface area contributed by atoms with Crippen molar-refractivity contribution in [2.24, 2.45) is 5.92 Å². The maximum Gasteiger partial charge on any atom is 0.252 e. The lowest BCUT2D eigenvalue weighted by molar-refractivity contribution is 0.0903. The number of hydrogen-bond acceptors (Lipinski definition) is 2. The standard InChI is InChI=1S/C17H21NO2/c1-12-6-7-13(5-4-10-19)15(11-12)16(20)18-17(2,3)14-8-9-14/h6-7,11,14,19H,8-10H2,1-3H3,(H,18,20). The van der Waals surface area contributed by atoms with Gasteiger partial charge in [0.05, 0.1) is 5.56 Å². The van der Waals surface area contributed by atoms with Crippen molar-refractivity contribution < 1.29 is 9.90 Å². The van der Waals surface area contributed by atoms with Gasteiger partial charge in [0.25, 0.3) is 5.91 Å². The molecule has 2 rings (SSSR count). The quantitative estimate of drug-likeness (QED) is 0.828. The van der Waals surface area contributed by atoms with Gasteiger partial charge in [-0.25, -0.2) is 0 Å². The van der Waals surface area contributed by atoms with E-state index in [0.29, 0.717) is 17.0 Å². The molecule has 0 aliphatic heterocycles. The van der Waals surface area contributed by atoms with Gasteiger partial charge < -0.3 is 10.4 Å². The summed E-state index contributed by atoms with van der Waals surface area (Å²) in [6, 6.07) is 5.60. The van der Waals surface area contributed by atoms with Crippen molar-refractivity contribution in [1.82, 2.24) is 5.32 Å². The van der Waals surface area contributed by atoms with Crippen molar-refractivity contribution >= 4 is 5.91 Å². The van der Waals surface area contributed by atoms with Crippen LogP contribution in [0.4, 0.5) is 0 Å². The molecule has 3 heteroatoms. The number of rotatable bonds is 3. The van der Waals surface area contributed by atoms with Crippen molar-refractivity contribution in [2.75, 3.05) is 6.61 Å². The topological polar surface area (TPSA) is 49.3 Å². The van der Waals surface area contributed by atoms with E-state index in [1.165, 1.54) is 12.8 Å². The number of benzene rings is 1. The van der Waals surface area contributed by atoms with Crippen LogP contribution in [0.1, 0.15) is 48.2 Å². The molecule has 1 aliphatic rings. The van der Waals surface area contributed by atoms with Crippen LogP contribution in [-0.2, 0) is 0 Å². The van der Waals surface area contributed by atoms with E-state index in [1.807, 2.05) is 25.1 Å². The van der Waals surface area contributed by atoms with Crippen molar-refractivity contribution in [3.63, 3.8) is 0 Å². The lowest BCUT2D eigenvalue weighted by atomic mass is 9.97. The molecular formula is C17H21NO2. The molecule has 0 heterocycles. The molecular weight excluding hydrogens is 250 g/mol. The summed E-state index contributed by atoms with van der Waals surface area (Å²) in [5.74, 6) is 5.93. The van der Waals surface area contributed by atoms with Gasteiger partial charge in [-0.3, -0.25) is 4.79 Å². The minimum absolute atomic E-state index is 0.0900. The molecule has 0 radical (unpaired) electrons. The van der Waals surface area contributed by atoms with Crippen LogP contribution in [0.2, 0.25) is 0 Å². The van der Waals surface area contributed by atoms with Crippen LogP contribution in [0.15, 0.2) is 18.2 Å². The maximum atomic E-state index is 12.5. The van der Waals surface area contributed by atoms with E-state index in [2.05, 4.69) is 31.0 Å². The van der Waals surface area contributed by atoms with Gasteiger partial charge in [-0.2, -0.15) is 0 Å². The SMILES string of the molecule is Cc1ccc(C#CCO)c(C(=O)NC(C)(C)C2CC2)c1. The molecule has 2 N–H and O–H groups in total. The summed E-state index contributed by atoms with van der Waals surface area (Å²) >= 11 is 0. The summed E-state index contributed by atoms with van der Waals surface area (Å²) in [6.07, 6.45) is 2.36. The molecule has 1 fully saturated rings. The fraction of sp³-hybridized carbons (Fsp3) is 0.471. The van der Waals surface area contributed by atoms with Crippen LogP contribution in [0.5, 0.6) is 0 Å². The monoisotopic (exact) mass is 271 g/mol. The van der Waals surface area contributed by atoms with E-state index in [1.54, 1.807) is 0 Å². The first-order valence-electron chi connectivity index (χ1n) is 6.97. The molecule has 0 atom stereocenters. The van der Waals surface area contributed by atoms with E-state index in [-0.39, 0.29) is 18.1 Å². The van der Waals surface area contributed by atoms with Crippen LogP contribution in [0.25, 0.3) is 0 Å². The molecule has 20 heavy (non-hydrogen) atoms. The summed E-state index contributed by atoms with van der Waals surface area (Å²) in [5, 5.41) is 11.9. The van der Waals surface area contributed by atoms with Gasteiger partial charge in [-0.1, -0.05) is 23.5 Å². The summed E-state index contributed by atoms with van der Waals surface area (Å²) in [6.45, 7) is 5.88. The summed E-state index contributed by atoms with van der Waals surface area (Å²) < 4.78 is 0. The van der Waals surface area contributed by atoms with Crippen LogP contribution < -0.4 is 5.32 Å². The Morgan fingerprint density at radius 3 is 2.75 bits per heavy atom. The number of aliphatic hydroxyl groups is 1. The summed E-state index contributed by atoms with van der Waals surface area (Å²) in [5.41, 5.74) is 2.09. The Labute approximate surface area is 120 Å². The highest BCUT2D eigenvalue weighted by Gasteiger charge is 2.39. The predicted octanol–water partition coefficient (Wildman–Crippen LogP) is 2.26. The van der Waals surface area contributed by atoms with E-state index in [9.17, 15) is 4.79 Å². The molecule has 1 saturated carbocycles. The predicted molar refractivity (Wildman–Crippen MR) is 79.4 cm³/mol. The van der Waals surface area contributed by atoms with Crippen LogP contribution >= 0.6 is 0 Å². The first kappa shape index (κ1) is 14.6. The van der Waals surface area contributed by atoms with E-state index < -0.39 is 0 Å². The molecule has 3 nitrogen and oxygen atoms in total. The number of nitrogens with one attached hydrogen (secondary N) is 1. The van der Waals surface area contributed by atoms with E-state index in [4.69, 9.17) is 5.11 Å². The fourth-order valence-corrected chi connectivity index (χ4v) is 2.36. The van der Waals surface area contributed by atoms with Crippen molar-refractivity contribution in [3.05, 3.63) is 34.9 Å². The van der Waals surface area contributed by atoms with Crippen LogP contribution in [0.3, 0.4) is 0 Å². The summed E-state index contributed by atoms with van der Waals surface area (Å²) in [7, 11) is 0. The lowest BCUT2D eigenvalue weighted by Gasteiger charge is -2.26. The fourth-order valence-electron chi connectivity index (χ4n) is 2.36. The average molecular weight is 271 g/mol. The van der Waals surface area contributed by atoms with Gasteiger partial charge in [0.2, 0.25) is 0 Å². The normalized spacial score (nSPS) is 14.4. The second-order valence-corrected chi connectivity index (χ2v) is 5.96. The molecule has 0 unspecified atom stereocenters. The highest BCUT2D eigenvalue weighted by Crippen LogP contribution is 2.39. The molecule has 0 aromatic heterocycles. The Bertz CT molecular complexity index is 574. The zero-order valence-corrected chi connectivity index (χ0v) is 12.3. The molecule has 1 aliphatic carbocycles. The van der Waals surface area contributed by atoms with Gasteiger partial charge in [-0.15, -0.1) is 0 Å². The van der Waals surface area contributed by atoms with Gasteiger partial charge in [0, 0.05) is 11.1 Å². The zero-order chi connectivity index (χ0) is 14.8. The number of aliphatic hydroxyl groups excluding tert-OH is 1. The Balaban J connectivity index is 2.26. The lowest BCUT2D eigenvalue weighted by Crippen LogP contribution is -2.45. The minimum atomic E-state index is -0.206. The van der Waals surface area contributed by atoms with Gasteiger partial charge in [-0.05, 0) is 51.7 Å². The molecule has 106 valence electrons. The Morgan fingerprint density at radius 2 is 2.15 bits per heavy atom. The number of carbonyl (C=O) groups is 1.